The number of rotatable bonds is 3. The lowest BCUT2D eigenvalue weighted by atomic mass is 10.0. The maximum absolute atomic E-state index is 10.1. The lowest BCUT2D eigenvalue weighted by molar-refractivity contribution is 0.669. The van der Waals surface area contributed by atoms with E-state index < -0.39 is 0 Å². The summed E-state index contributed by atoms with van der Waals surface area (Å²) in [7, 11) is 0. The van der Waals surface area contributed by atoms with Gasteiger partial charge in [-0.15, -0.1) is 0 Å². The molecule has 6 heteroatoms. The molecular weight excluding hydrogens is 665 g/mol. The first-order chi connectivity index (χ1) is 26.7. The highest BCUT2D eigenvalue weighted by Crippen LogP contribution is 2.44. The minimum atomic E-state index is 0.589. The number of para-hydroxylation sites is 4. The molecule has 0 saturated heterocycles. The number of pyridine rings is 1. The molecule has 0 aliphatic heterocycles. The fraction of sp³-hybridized carbons (Fsp3) is 0. The van der Waals surface area contributed by atoms with E-state index in [4.69, 9.17) is 13.8 Å². The van der Waals surface area contributed by atoms with E-state index in [0.717, 1.165) is 110 Å². The van der Waals surface area contributed by atoms with Crippen LogP contribution in [0.4, 0.5) is 0 Å². The highest BCUT2D eigenvalue weighted by molar-refractivity contribution is 6.26. The molecule has 0 fully saturated rings. The van der Waals surface area contributed by atoms with Gasteiger partial charge in [0.1, 0.15) is 28.1 Å². The van der Waals surface area contributed by atoms with E-state index in [1.165, 1.54) is 0 Å². The van der Waals surface area contributed by atoms with Crippen LogP contribution in [0.1, 0.15) is 5.56 Å². The quantitative estimate of drug-likeness (QED) is 0.185. The lowest BCUT2D eigenvalue weighted by Crippen LogP contribution is -2.03. The zero-order valence-electron chi connectivity index (χ0n) is 28.6. The van der Waals surface area contributed by atoms with Gasteiger partial charge in [-0.05, 0) is 72.3 Å². The van der Waals surface area contributed by atoms with E-state index in [-0.39, 0.29) is 0 Å². The summed E-state index contributed by atoms with van der Waals surface area (Å²) in [6, 6.07) is 54.3. The minimum absolute atomic E-state index is 0.589. The highest BCUT2D eigenvalue weighted by atomic mass is 16.3. The maximum Gasteiger partial charge on any atom is 0.138 e. The number of nitriles is 1. The molecule has 5 heterocycles. The Labute approximate surface area is 306 Å². The van der Waals surface area contributed by atoms with E-state index in [1.807, 2.05) is 48.7 Å². The predicted octanol–water partition coefficient (Wildman–Crippen LogP) is 12.6. The van der Waals surface area contributed by atoms with E-state index in [9.17, 15) is 5.26 Å². The molecule has 0 atom stereocenters. The molecule has 12 rings (SSSR count). The van der Waals surface area contributed by atoms with Gasteiger partial charge in [0.25, 0.3) is 0 Å². The number of furan rings is 2. The van der Waals surface area contributed by atoms with Crippen LogP contribution in [0, 0.1) is 11.3 Å². The largest absolute Gasteiger partial charge is 0.456 e. The molecule has 250 valence electrons. The molecule has 0 bridgehead atoms. The fourth-order valence-electron chi connectivity index (χ4n) is 8.74. The summed E-state index contributed by atoms with van der Waals surface area (Å²) in [6.45, 7) is 0. The molecule has 0 spiro atoms. The van der Waals surface area contributed by atoms with Crippen molar-refractivity contribution in [2.45, 2.75) is 0 Å². The summed E-state index contributed by atoms with van der Waals surface area (Å²) < 4.78 is 17.4. The second-order valence-electron chi connectivity index (χ2n) is 13.8. The lowest BCUT2D eigenvalue weighted by Gasteiger charge is -2.17. The van der Waals surface area contributed by atoms with Crippen LogP contribution >= 0.6 is 0 Å². The Morgan fingerprint density at radius 3 is 1.67 bits per heavy atom. The van der Waals surface area contributed by atoms with Crippen LogP contribution in [0.15, 0.2) is 167 Å². The number of hydrogen-bond donors (Lipinski definition) is 0. The second kappa shape index (κ2) is 10.7. The summed E-state index contributed by atoms with van der Waals surface area (Å²) in [5.74, 6) is 0.764. The Morgan fingerprint density at radius 2 is 1.04 bits per heavy atom. The van der Waals surface area contributed by atoms with Gasteiger partial charge in [0.15, 0.2) is 0 Å². The van der Waals surface area contributed by atoms with Crippen LogP contribution in [0.5, 0.6) is 0 Å². The standard InChI is InChI=1S/C48H26N4O2/c49-26-28-10-9-11-29(24-28)36-25-44(52-38-17-6-2-13-31(38)33-21-23-43-46(48(33)52)35-15-4-8-19-41(35)54-43)50-27-39(36)51-37-16-5-1-12-30(37)32-20-22-42-45(47(32)51)34-14-3-7-18-40(34)53-42/h1-25,27H. The van der Waals surface area contributed by atoms with E-state index in [1.54, 1.807) is 0 Å². The van der Waals surface area contributed by atoms with Crippen molar-refractivity contribution >= 4 is 87.5 Å². The summed E-state index contributed by atoms with van der Waals surface area (Å²) in [5.41, 5.74) is 10.9. The van der Waals surface area contributed by atoms with E-state index in [0.29, 0.717) is 5.56 Å². The summed E-state index contributed by atoms with van der Waals surface area (Å²) in [6.07, 6.45) is 1.99. The van der Waals surface area contributed by atoms with Crippen LogP contribution in [0.3, 0.4) is 0 Å². The molecule has 0 amide bonds. The van der Waals surface area contributed by atoms with E-state index in [2.05, 4.69) is 124 Å². The third-order valence-electron chi connectivity index (χ3n) is 11.0. The third-order valence-corrected chi connectivity index (χ3v) is 11.0. The van der Waals surface area contributed by atoms with Gasteiger partial charge in [0.05, 0.1) is 56.4 Å². The van der Waals surface area contributed by atoms with Crippen LogP contribution < -0.4 is 0 Å². The average Bonchev–Trinajstić information content (AvgIpc) is 3.98. The first-order valence-corrected chi connectivity index (χ1v) is 17.9. The normalized spacial score (nSPS) is 12.1. The van der Waals surface area contributed by atoms with Crippen LogP contribution in [-0.2, 0) is 0 Å². The average molecular weight is 691 g/mol. The first-order valence-electron chi connectivity index (χ1n) is 17.9. The van der Waals surface area contributed by atoms with Crippen LogP contribution in [0.2, 0.25) is 0 Å². The number of benzene rings is 7. The van der Waals surface area contributed by atoms with Crippen LogP contribution in [0.25, 0.3) is 110 Å². The summed E-state index contributed by atoms with van der Waals surface area (Å²) in [4.78, 5) is 5.34. The van der Waals surface area contributed by atoms with Crippen molar-refractivity contribution in [2.24, 2.45) is 0 Å². The van der Waals surface area contributed by atoms with Crippen molar-refractivity contribution in [1.82, 2.24) is 14.1 Å². The summed E-state index contributed by atoms with van der Waals surface area (Å²) >= 11 is 0. The van der Waals surface area contributed by atoms with Gasteiger partial charge >= 0.3 is 0 Å². The van der Waals surface area contributed by atoms with Crippen molar-refractivity contribution in [1.29, 1.82) is 5.26 Å². The third kappa shape index (κ3) is 3.84. The van der Waals surface area contributed by atoms with Crippen molar-refractivity contribution in [3.8, 4) is 28.7 Å². The topological polar surface area (TPSA) is 72.8 Å². The highest BCUT2D eigenvalue weighted by Gasteiger charge is 2.24. The molecule has 54 heavy (non-hydrogen) atoms. The molecule has 6 nitrogen and oxygen atoms in total. The van der Waals surface area contributed by atoms with Gasteiger partial charge in [0.2, 0.25) is 0 Å². The van der Waals surface area contributed by atoms with Crippen molar-refractivity contribution in [2.75, 3.05) is 0 Å². The maximum atomic E-state index is 10.1. The Balaban J connectivity index is 1.24. The Kier molecular flexibility index (Phi) is 5.75. The molecular formula is C48H26N4O2. The second-order valence-corrected chi connectivity index (χ2v) is 13.8. The van der Waals surface area contributed by atoms with Crippen molar-refractivity contribution in [3.63, 3.8) is 0 Å². The van der Waals surface area contributed by atoms with Crippen molar-refractivity contribution in [3.05, 3.63) is 163 Å². The zero-order valence-corrected chi connectivity index (χ0v) is 28.6. The molecule has 0 saturated carbocycles. The van der Waals surface area contributed by atoms with Gasteiger partial charge in [-0.3, -0.25) is 4.57 Å². The molecule has 12 aromatic rings. The number of aromatic nitrogens is 3. The monoisotopic (exact) mass is 690 g/mol. The fourth-order valence-corrected chi connectivity index (χ4v) is 8.74. The molecule has 7 aromatic carbocycles. The SMILES string of the molecule is N#Cc1cccc(-c2cc(-n3c4ccccc4c4ccc5oc6ccccc6c5c43)ncc2-n2c3ccccc3c3ccc4oc5ccccc5c4c32)c1. The van der Waals surface area contributed by atoms with Crippen molar-refractivity contribution < 1.29 is 8.83 Å². The smallest absolute Gasteiger partial charge is 0.138 e. The molecule has 0 unspecified atom stereocenters. The van der Waals surface area contributed by atoms with Gasteiger partial charge in [-0.1, -0.05) is 84.9 Å². The Hall–Kier alpha value is -7.62. The summed E-state index contributed by atoms with van der Waals surface area (Å²) in [5, 5.41) is 18.8. The number of hydrogen-bond acceptors (Lipinski definition) is 4. The Morgan fingerprint density at radius 1 is 0.481 bits per heavy atom. The van der Waals surface area contributed by atoms with Gasteiger partial charge in [-0.25, -0.2) is 4.98 Å². The zero-order chi connectivity index (χ0) is 35.5. The minimum Gasteiger partial charge on any atom is -0.456 e. The molecule has 0 radical (unpaired) electrons. The Bertz CT molecular complexity index is 3590. The predicted molar refractivity (Wildman–Crippen MR) is 218 cm³/mol. The van der Waals surface area contributed by atoms with Gasteiger partial charge in [-0.2, -0.15) is 5.26 Å². The van der Waals surface area contributed by atoms with E-state index >= 15 is 0 Å². The van der Waals surface area contributed by atoms with Crippen LogP contribution in [-0.4, -0.2) is 14.1 Å². The molecule has 0 aliphatic rings. The molecule has 5 aromatic heterocycles. The number of fused-ring (bicyclic) bond motifs is 14. The van der Waals surface area contributed by atoms with Gasteiger partial charge in [0, 0.05) is 37.9 Å². The molecule has 0 aliphatic carbocycles. The molecule has 0 N–H and O–H groups in total. The first kappa shape index (κ1) is 29.0. The number of nitrogens with zero attached hydrogens (tertiary/aromatic N) is 4. The van der Waals surface area contributed by atoms with Gasteiger partial charge < -0.3 is 13.4 Å².